The van der Waals surface area contributed by atoms with Crippen molar-refractivity contribution in [1.82, 2.24) is 0 Å². The maximum absolute atomic E-state index is 8.49. The van der Waals surface area contributed by atoms with Gasteiger partial charge in [-0.05, 0) is 12.8 Å². The highest BCUT2D eigenvalue weighted by Gasteiger charge is 2.32. The summed E-state index contributed by atoms with van der Waals surface area (Å²) in [5.41, 5.74) is 0.916. The van der Waals surface area contributed by atoms with Gasteiger partial charge in [0, 0.05) is 12.8 Å². The molecule has 0 aromatic heterocycles. The normalized spacial score (nSPS) is 42.6. The van der Waals surface area contributed by atoms with Crippen LogP contribution in [-0.2, 0) is 4.74 Å². The lowest BCUT2D eigenvalue weighted by molar-refractivity contribution is 0.0389. The lowest BCUT2D eigenvalue weighted by Crippen LogP contribution is -2.24. The maximum Gasteiger partial charge on any atom is 0.0633 e. The summed E-state index contributed by atoms with van der Waals surface area (Å²) in [6, 6.07) is 0. The molecule has 2 rings (SSSR count). The van der Waals surface area contributed by atoms with Crippen molar-refractivity contribution in [2.75, 3.05) is 0 Å². The Bertz CT molecular complexity index is 153. The molecule has 2 aliphatic heterocycles. The third-order valence-corrected chi connectivity index (χ3v) is 2.26. The summed E-state index contributed by atoms with van der Waals surface area (Å²) >= 11 is 0. The van der Waals surface area contributed by atoms with Crippen LogP contribution in [0.2, 0.25) is 0 Å². The monoisotopic (exact) mass is 141 g/mol. The number of ether oxygens (including phenoxy) is 1. The molecule has 0 radical (unpaired) electrons. The Morgan fingerprint density at radius 1 is 1.30 bits per heavy atom. The first-order valence-corrected chi connectivity index (χ1v) is 3.74. The van der Waals surface area contributed by atoms with Gasteiger partial charge in [-0.25, -0.2) is 0 Å². The molecule has 0 aliphatic carbocycles. The van der Waals surface area contributed by atoms with E-state index in [-0.39, 0.29) is 0 Å². The fourth-order valence-electron chi connectivity index (χ4n) is 1.77. The maximum atomic E-state index is 8.49. The molecule has 2 bridgehead atoms. The molecule has 56 valence electrons. The van der Waals surface area contributed by atoms with Crippen LogP contribution in [0, 0.1) is 0 Å². The van der Waals surface area contributed by atoms with E-state index in [4.69, 9.17) is 9.94 Å². The van der Waals surface area contributed by atoms with E-state index in [1.165, 1.54) is 0 Å². The van der Waals surface area contributed by atoms with Crippen molar-refractivity contribution in [2.24, 2.45) is 5.16 Å². The molecular formula is C7H11NO2. The van der Waals surface area contributed by atoms with Crippen LogP contribution in [0.3, 0.4) is 0 Å². The van der Waals surface area contributed by atoms with E-state index in [0.717, 1.165) is 31.4 Å². The minimum absolute atomic E-state index is 0.352. The summed E-state index contributed by atoms with van der Waals surface area (Å²) in [7, 11) is 0. The van der Waals surface area contributed by atoms with Gasteiger partial charge in [0.2, 0.25) is 0 Å². The first-order chi connectivity index (χ1) is 4.88. The third-order valence-electron chi connectivity index (χ3n) is 2.26. The van der Waals surface area contributed by atoms with E-state index in [0.29, 0.717) is 12.2 Å². The van der Waals surface area contributed by atoms with Crippen LogP contribution in [0.1, 0.15) is 25.7 Å². The van der Waals surface area contributed by atoms with Gasteiger partial charge in [0.1, 0.15) is 0 Å². The summed E-state index contributed by atoms with van der Waals surface area (Å²) in [5.74, 6) is 0. The summed E-state index contributed by atoms with van der Waals surface area (Å²) < 4.78 is 5.54. The molecule has 2 atom stereocenters. The molecule has 1 N–H and O–H groups in total. The second-order valence-corrected chi connectivity index (χ2v) is 3.03. The lowest BCUT2D eigenvalue weighted by Gasteiger charge is -2.20. The fraction of sp³-hybridized carbons (Fsp3) is 0.857. The number of fused-ring (bicyclic) bond motifs is 2. The molecule has 2 aliphatic rings. The van der Waals surface area contributed by atoms with E-state index >= 15 is 0 Å². The summed E-state index contributed by atoms with van der Waals surface area (Å²) in [4.78, 5) is 0. The van der Waals surface area contributed by atoms with Gasteiger partial charge in [0.05, 0.1) is 17.9 Å². The molecule has 2 heterocycles. The van der Waals surface area contributed by atoms with Crippen LogP contribution >= 0.6 is 0 Å². The Morgan fingerprint density at radius 3 is 2.40 bits per heavy atom. The van der Waals surface area contributed by atoms with E-state index < -0.39 is 0 Å². The molecule has 3 heteroatoms. The summed E-state index contributed by atoms with van der Waals surface area (Å²) in [6.45, 7) is 0. The van der Waals surface area contributed by atoms with Crippen molar-refractivity contribution in [2.45, 2.75) is 37.9 Å². The molecule has 10 heavy (non-hydrogen) atoms. The first kappa shape index (κ1) is 6.16. The molecule has 0 amide bonds. The van der Waals surface area contributed by atoms with Crippen molar-refractivity contribution in [3.8, 4) is 0 Å². The average molecular weight is 141 g/mol. The first-order valence-electron chi connectivity index (χ1n) is 3.74. The molecular weight excluding hydrogens is 130 g/mol. The zero-order valence-electron chi connectivity index (χ0n) is 5.79. The Balaban J connectivity index is 2.09. The van der Waals surface area contributed by atoms with Gasteiger partial charge in [-0.3, -0.25) is 0 Å². The minimum atomic E-state index is 0.352. The predicted octanol–water partition coefficient (Wildman–Crippen LogP) is 1.16. The Hall–Kier alpha value is -0.570. The molecule has 3 nitrogen and oxygen atoms in total. The average Bonchev–Trinajstić information content (AvgIpc) is 2.30. The lowest BCUT2D eigenvalue weighted by atomic mass is 10.1. The van der Waals surface area contributed by atoms with Gasteiger partial charge in [-0.2, -0.15) is 0 Å². The summed E-state index contributed by atoms with van der Waals surface area (Å²) in [6.07, 6.45) is 4.67. The van der Waals surface area contributed by atoms with Gasteiger partial charge in [0.25, 0.3) is 0 Å². The van der Waals surface area contributed by atoms with Crippen molar-refractivity contribution in [3.63, 3.8) is 0 Å². The number of oxime groups is 1. The van der Waals surface area contributed by atoms with Crippen LogP contribution in [0.15, 0.2) is 5.16 Å². The molecule has 0 unspecified atom stereocenters. The van der Waals surface area contributed by atoms with Gasteiger partial charge in [-0.1, -0.05) is 5.16 Å². The van der Waals surface area contributed by atoms with E-state index in [1.807, 2.05) is 0 Å². The van der Waals surface area contributed by atoms with Crippen molar-refractivity contribution >= 4 is 5.71 Å². The quantitative estimate of drug-likeness (QED) is 0.406. The second kappa shape index (κ2) is 2.23. The Morgan fingerprint density at radius 2 is 1.90 bits per heavy atom. The zero-order chi connectivity index (χ0) is 6.97. The van der Waals surface area contributed by atoms with E-state index in [1.54, 1.807) is 0 Å². The van der Waals surface area contributed by atoms with Crippen LogP contribution in [0.25, 0.3) is 0 Å². The Labute approximate surface area is 59.7 Å². The topological polar surface area (TPSA) is 41.8 Å². The van der Waals surface area contributed by atoms with Crippen LogP contribution in [0.4, 0.5) is 0 Å². The number of rotatable bonds is 0. The predicted molar refractivity (Wildman–Crippen MR) is 36.4 cm³/mol. The highest BCUT2D eigenvalue weighted by Crippen LogP contribution is 2.30. The van der Waals surface area contributed by atoms with Crippen LogP contribution < -0.4 is 0 Å². The molecule has 0 aromatic carbocycles. The fourth-order valence-corrected chi connectivity index (χ4v) is 1.77. The van der Waals surface area contributed by atoms with Gasteiger partial charge >= 0.3 is 0 Å². The van der Waals surface area contributed by atoms with Gasteiger partial charge < -0.3 is 9.94 Å². The van der Waals surface area contributed by atoms with Crippen molar-refractivity contribution in [1.29, 1.82) is 0 Å². The summed E-state index contributed by atoms with van der Waals surface area (Å²) in [5, 5.41) is 11.7. The highest BCUT2D eigenvalue weighted by molar-refractivity contribution is 5.85. The number of hydrogen-bond acceptors (Lipinski definition) is 3. The van der Waals surface area contributed by atoms with Crippen molar-refractivity contribution in [3.05, 3.63) is 0 Å². The standard InChI is InChI=1S/C7H11NO2/c9-8-5-3-6-1-2-7(4-5)10-6/h6-7,9H,1-4H2/t6-,7+. The number of nitrogens with zero attached hydrogens (tertiary/aromatic N) is 1. The van der Waals surface area contributed by atoms with Crippen LogP contribution in [0.5, 0.6) is 0 Å². The van der Waals surface area contributed by atoms with Crippen molar-refractivity contribution < 1.29 is 9.94 Å². The van der Waals surface area contributed by atoms with Gasteiger partial charge in [-0.15, -0.1) is 0 Å². The van der Waals surface area contributed by atoms with Crippen LogP contribution in [-0.4, -0.2) is 23.1 Å². The zero-order valence-corrected chi connectivity index (χ0v) is 5.79. The SMILES string of the molecule is ON=C1C[C@H]2CC[C@@H](C1)O2. The number of hydrogen-bond donors (Lipinski definition) is 1. The van der Waals surface area contributed by atoms with Gasteiger partial charge in [0.15, 0.2) is 0 Å². The molecule has 0 saturated carbocycles. The molecule has 2 saturated heterocycles. The van der Waals surface area contributed by atoms with E-state index in [2.05, 4.69) is 5.16 Å². The van der Waals surface area contributed by atoms with E-state index in [9.17, 15) is 0 Å². The largest absolute Gasteiger partial charge is 0.411 e. The minimum Gasteiger partial charge on any atom is -0.411 e. The molecule has 0 aromatic rings. The third kappa shape index (κ3) is 0.904. The smallest absolute Gasteiger partial charge is 0.0633 e. The second-order valence-electron chi connectivity index (χ2n) is 3.03. The molecule has 0 spiro atoms. The Kier molecular flexibility index (Phi) is 1.38. The highest BCUT2D eigenvalue weighted by atomic mass is 16.5. The molecule has 2 fully saturated rings.